The fraction of sp³-hybridized carbons (Fsp3) is 0.455. The number of hydrogen-bond donors (Lipinski definition) is 0. The minimum Gasteiger partial charge on any atom is -0.240 e. The molecule has 1 aromatic rings. The van der Waals surface area contributed by atoms with E-state index in [9.17, 15) is 0 Å². The Morgan fingerprint density at radius 3 is 2.93 bits per heavy atom. The van der Waals surface area contributed by atoms with E-state index in [0.717, 1.165) is 16.0 Å². The van der Waals surface area contributed by atoms with Crippen LogP contribution in [-0.4, -0.2) is 9.97 Å². The van der Waals surface area contributed by atoms with Crippen molar-refractivity contribution in [1.82, 2.24) is 9.97 Å². The van der Waals surface area contributed by atoms with Gasteiger partial charge in [0, 0.05) is 12.1 Å². The van der Waals surface area contributed by atoms with Crippen LogP contribution in [0.25, 0.3) is 0 Å². The van der Waals surface area contributed by atoms with E-state index >= 15 is 0 Å². The van der Waals surface area contributed by atoms with Gasteiger partial charge in [-0.1, -0.05) is 5.92 Å². The molecule has 0 radical (unpaired) electrons. The van der Waals surface area contributed by atoms with Crippen LogP contribution in [0.4, 0.5) is 0 Å². The molecule has 0 spiro atoms. The van der Waals surface area contributed by atoms with Crippen LogP contribution in [-0.2, 0) is 0 Å². The summed E-state index contributed by atoms with van der Waals surface area (Å²) in [6, 6.07) is 0. The Kier molecular flexibility index (Phi) is 2.56. The van der Waals surface area contributed by atoms with Gasteiger partial charge in [0.25, 0.3) is 0 Å². The van der Waals surface area contributed by atoms with Gasteiger partial charge in [0.05, 0.1) is 16.1 Å². The number of rotatable bonds is 2. The Bertz CT molecular complexity index is 391. The van der Waals surface area contributed by atoms with Crippen molar-refractivity contribution < 1.29 is 0 Å². The lowest BCUT2D eigenvalue weighted by atomic mass is 10.1. The molecule has 1 aliphatic rings. The van der Waals surface area contributed by atoms with Crippen LogP contribution >= 0.6 is 15.9 Å². The van der Waals surface area contributed by atoms with Gasteiger partial charge in [0.15, 0.2) is 0 Å². The minimum atomic E-state index is 0.0462. The zero-order valence-corrected chi connectivity index (χ0v) is 9.58. The third kappa shape index (κ3) is 1.80. The highest BCUT2D eigenvalue weighted by molar-refractivity contribution is 9.10. The van der Waals surface area contributed by atoms with Gasteiger partial charge in [-0.25, -0.2) is 9.97 Å². The van der Waals surface area contributed by atoms with Gasteiger partial charge in [0.1, 0.15) is 5.82 Å². The monoisotopic (exact) mass is 250 g/mol. The zero-order valence-electron chi connectivity index (χ0n) is 8.00. The molecule has 1 atom stereocenters. The summed E-state index contributed by atoms with van der Waals surface area (Å²) >= 11 is 3.42. The lowest BCUT2D eigenvalue weighted by Crippen LogP contribution is -2.01. The lowest BCUT2D eigenvalue weighted by molar-refractivity contribution is 0.837. The first-order chi connectivity index (χ1) is 6.72. The average Bonchev–Trinajstić information content (AvgIpc) is 3.01. The third-order valence-corrected chi connectivity index (χ3v) is 3.00. The molecule has 0 saturated heterocycles. The fourth-order valence-electron chi connectivity index (χ4n) is 1.32. The summed E-state index contributed by atoms with van der Waals surface area (Å²) in [5.74, 6) is 4.26. The van der Waals surface area contributed by atoms with Crippen LogP contribution in [0.3, 0.4) is 0 Å². The highest BCUT2D eigenvalue weighted by atomic mass is 79.9. The Morgan fingerprint density at radius 1 is 1.64 bits per heavy atom. The molecule has 2 nitrogen and oxygen atoms in total. The van der Waals surface area contributed by atoms with Crippen LogP contribution < -0.4 is 0 Å². The van der Waals surface area contributed by atoms with Gasteiger partial charge in [-0.05, 0) is 35.7 Å². The minimum absolute atomic E-state index is 0.0462. The average molecular weight is 251 g/mol. The SMILES string of the molecule is C#CC(C)c1nc(C2CC2)ncc1Br. The number of halogens is 1. The summed E-state index contributed by atoms with van der Waals surface area (Å²) in [6.45, 7) is 1.98. The van der Waals surface area contributed by atoms with Crippen molar-refractivity contribution in [3.05, 3.63) is 22.2 Å². The fourth-order valence-corrected chi connectivity index (χ4v) is 1.85. The highest BCUT2D eigenvalue weighted by Crippen LogP contribution is 2.38. The first-order valence-corrected chi connectivity index (χ1v) is 5.50. The summed E-state index contributed by atoms with van der Waals surface area (Å²) in [4.78, 5) is 8.80. The Labute approximate surface area is 92.3 Å². The van der Waals surface area contributed by atoms with Gasteiger partial charge in [-0.3, -0.25) is 0 Å². The maximum Gasteiger partial charge on any atom is 0.131 e. The first-order valence-electron chi connectivity index (χ1n) is 4.71. The highest BCUT2D eigenvalue weighted by Gasteiger charge is 2.27. The van der Waals surface area contributed by atoms with Crippen LogP contribution in [0, 0.1) is 12.3 Å². The molecule has 1 aliphatic carbocycles. The number of nitrogens with zero attached hydrogens (tertiary/aromatic N) is 2. The molecule has 2 rings (SSSR count). The maximum atomic E-state index is 5.38. The standard InChI is InChI=1S/C11H11BrN2/c1-3-7(2)10-9(12)6-13-11(14-10)8-4-5-8/h1,6-8H,4-5H2,2H3. The molecule has 1 saturated carbocycles. The van der Waals surface area contributed by atoms with Crippen molar-refractivity contribution >= 4 is 15.9 Å². The van der Waals surface area contributed by atoms with E-state index in [1.165, 1.54) is 12.8 Å². The maximum absolute atomic E-state index is 5.38. The number of terminal acetylenes is 1. The zero-order chi connectivity index (χ0) is 10.1. The van der Waals surface area contributed by atoms with E-state index in [4.69, 9.17) is 6.42 Å². The molecule has 72 valence electrons. The molecule has 1 aromatic heterocycles. The summed E-state index contributed by atoms with van der Waals surface area (Å²) in [7, 11) is 0. The molecule has 0 bridgehead atoms. The second-order valence-corrected chi connectivity index (χ2v) is 4.48. The molecule has 14 heavy (non-hydrogen) atoms. The molecule has 0 N–H and O–H groups in total. The molecule has 0 amide bonds. The van der Waals surface area contributed by atoms with E-state index in [1.807, 2.05) is 13.1 Å². The molecule has 1 fully saturated rings. The third-order valence-electron chi connectivity index (χ3n) is 2.39. The molecule has 0 aromatic carbocycles. The second-order valence-electron chi connectivity index (χ2n) is 3.62. The van der Waals surface area contributed by atoms with Gasteiger partial charge >= 0.3 is 0 Å². The van der Waals surface area contributed by atoms with Crippen LogP contribution in [0.2, 0.25) is 0 Å². The van der Waals surface area contributed by atoms with Gasteiger partial charge < -0.3 is 0 Å². The smallest absolute Gasteiger partial charge is 0.131 e. The molecule has 1 unspecified atom stereocenters. The van der Waals surface area contributed by atoms with Crippen molar-refractivity contribution in [3.63, 3.8) is 0 Å². The number of aromatic nitrogens is 2. The first kappa shape index (κ1) is 9.67. The summed E-state index contributed by atoms with van der Waals surface area (Å²) in [6.07, 6.45) is 9.62. The Morgan fingerprint density at radius 2 is 2.36 bits per heavy atom. The normalized spacial score (nSPS) is 17.5. The summed E-state index contributed by atoms with van der Waals surface area (Å²) in [5.41, 5.74) is 0.935. The van der Waals surface area contributed by atoms with E-state index in [1.54, 1.807) is 0 Å². The van der Waals surface area contributed by atoms with Crippen molar-refractivity contribution in [2.45, 2.75) is 31.6 Å². The van der Waals surface area contributed by atoms with Crippen LogP contribution in [0.15, 0.2) is 10.7 Å². The van der Waals surface area contributed by atoms with E-state index < -0.39 is 0 Å². The predicted octanol–water partition coefficient (Wildman–Crippen LogP) is 2.85. The second kappa shape index (κ2) is 3.70. The van der Waals surface area contributed by atoms with Crippen molar-refractivity contribution in [2.24, 2.45) is 0 Å². The summed E-state index contributed by atoms with van der Waals surface area (Å²) < 4.78 is 0.910. The van der Waals surface area contributed by atoms with Gasteiger partial charge in [0.2, 0.25) is 0 Å². The molecular formula is C11H11BrN2. The van der Waals surface area contributed by atoms with Crippen molar-refractivity contribution in [2.75, 3.05) is 0 Å². The lowest BCUT2D eigenvalue weighted by Gasteiger charge is -2.07. The Balaban J connectivity index is 2.37. The van der Waals surface area contributed by atoms with Crippen LogP contribution in [0.5, 0.6) is 0 Å². The van der Waals surface area contributed by atoms with Crippen molar-refractivity contribution in [3.8, 4) is 12.3 Å². The summed E-state index contributed by atoms with van der Waals surface area (Å²) in [5, 5.41) is 0. The van der Waals surface area contributed by atoms with Gasteiger partial charge in [-0.2, -0.15) is 0 Å². The quantitative estimate of drug-likeness (QED) is 0.755. The van der Waals surface area contributed by atoms with Gasteiger partial charge in [-0.15, -0.1) is 6.42 Å². The Hall–Kier alpha value is -0.880. The molecule has 0 aliphatic heterocycles. The van der Waals surface area contributed by atoms with E-state index in [2.05, 4.69) is 31.8 Å². The van der Waals surface area contributed by atoms with E-state index in [-0.39, 0.29) is 5.92 Å². The molecule has 1 heterocycles. The molecule has 3 heteroatoms. The van der Waals surface area contributed by atoms with E-state index in [0.29, 0.717) is 5.92 Å². The largest absolute Gasteiger partial charge is 0.240 e. The topological polar surface area (TPSA) is 25.8 Å². The van der Waals surface area contributed by atoms with Crippen LogP contribution in [0.1, 0.15) is 43.1 Å². The number of hydrogen-bond acceptors (Lipinski definition) is 2. The molecular weight excluding hydrogens is 240 g/mol. The van der Waals surface area contributed by atoms with Crippen molar-refractivity contribution in [1.29, 1.82) is 0 Å². The predicted molar refractivity (Wildman–Crippen MR) is 59.0 cm³/mol.